The van der Waals surface area contributed by atoms with Gasteiger partial charge in [-0.3, -0.25) is 0 Å². The van der Waals surface area contributed by atoms with Crippen LogP contribution in [0.4, 0.5) is 0 Å². The van der Waals surface area contributed by atoms with Gasteiger partial charge in [0.2, 0.25) is 0 Å². The number of nitrogens with two attached hydrogens (primary N) is 1. The quantitative estimate of drug-likeness (QED) is 0.771. The van der Waals surface area contributed by atoms with Crippen LogP contribution in [0.3, 0.4) is 0 Å². The van der Waals surface area contributed by atoms with Gasteiger partial charge < -0.3 is 11.1 Å². The first-order valence-corrected chi connectivity index (χ1v) is 7.57. The van der Waals surface area contributed by atoms with E-state index in [1.807, 2.05) is 0 Å². The van der Waals surface area contributed by atoms with Crippen LogP contribution in [0, 0.1) is 11.8 Å². The Morgan fingerprint density at radius 2 is 1.93 bits per heavy atom. The van der Waals surface area contributed by atoms with Crippen LogP contribution in [0.25, 0.3) is 0 Å². The summed E-state index contributed by atoms with van der Waals surface area (Å²) in [5.41, 5.74) is 5.79. The molecule has 0 aromatic rings. The molecule has 1 aliphatic carbocycles. The lowest BCUT2D eigenvalue weighted by molar-refractivity contribution is 0.358. The van der Waals surface area contributed by atoms with Crippen molar-refractivity contribution in [1.82, 2.24) is 5.32 Å². The molecular formula is C12H24N2S. The van der Waals surface area contributed by atoms with Crippen LogP contribution >= 0.6 is 11.8 Å². The van der Waals surface area contributed by atoms with Crippen molar-refractivity contribution < 1.29 is 0 Å². The molecule has 2 aliphatic rings. The van der Waals surface area contributed by atoms with E-state index in [0.29, 0.717) is 0 Å². The molecule has 2 nitrogen and oxygen atoms in total. The third kappa shape index (κ3) is 3.36. The third-order valence-electron chi connectivity index (χ3n) is 3.97. The molecule has 0 aromatic carbocycles. The molecule has 3 heteroatoms. The van der Waals surface area contributed by atoms with Crippen LogP contribution in [-0.2, 0) is 0 Å². The van der Waals surface area contributed by atoms with E-state index in [-0.39, 0.29) is 0 Å². The predicted octanol–water partition coefficient (Wildman–Crippen LogP) is 1.85. The van der Waals surface area contributed by atoms with Gasteiger partial charge in [-0.15, -0.1) is 0 Å². The number of thioether (sulfide) groups is 1. The largest absolute Gasteiger partial charge is 0.330 e. The van der Waals surface area contributed by atoms with Gasteiger partial charge in [-0.25, -0.2) is 0 Å². The zero-order valence-electron chi connectivity index (χ0n) is 9.58. The van der Waals surface area contributed by atoms with Gasteiger partial charge in [0.05, 0.1) is 0 Å². The zero-order chi connectivity index (χ0) is 10.5. The Bertz CT molecular complexity index is 180. The van der Waals surface area contributed by atoms with Gasteiger partial charge in [-0.1, -0.05) is 6.42 Å². The van der Waals surface area contributed by atoms with Gasteiger partial charge in [0, 0.05) is 6.04 Å². The number of hydrogen-bond donors (Lipinski definition) is 2. The van der Waals surface area contributed by atoms with Gasteiger partial charge in [0.25, 0.3) is 0 Å². The predicted molar refractivity (Wildman–Crippen MR) is 68.2 cm³/mol. The first-order valence-electron chi connectivity index (χ1n) is 6.41. The van der Waals surface area contributed by atoms with E-state index in [9.17, 15) is 0 Å². The van der Waals surface area contributed by atoms with Gasteiger partial charge in [0.15, 0.2) is 0 Å². The molecular weight excluding hydrogens is 204 g/mol. The molecule has 0 radical (unpaired) electrons. The van der Waals surface area contributed by atoms with Crippen LogP contribution in [-0.4, -0.2) is 30.6 Å². The Labute approximate surface area is 97.8 Å². The fraction of sp³-hybridized carbons (Fsp3) is 1.00. The highest BCUT2D eigenvalue weighted by Gasteiger charge is 2.26. The highest BCUT2D eigenvalue weighted by molar-refractivity contribution is 7.99. The Morgan fingerprint density at radius 1 is 1.13 bits per heavy atom. The van der Waals surface area contributed by atoms with Crippen molar-refractivity contribution in [2.24, 2.45) is 17.6 Å². The van der Waals surface area contributed by atoms with Crippen molar-refractivity contribution in [3.63, 3.8) is 0 Å². The van der Waals surface area contributed by atoms with Crippen molar-refractivity contribution in [3.05, 3.63) is 0 Å². The number of nitrogens with one attached hydrogen (secondary N) is 1. The molecule has 0 spiro atoms. The lowest BCUT2D eigenvalue weighted by atomic mass is 10.00. The summed E-state index contributed by atoms with van der Waals surface area (Å²) in [7, 11) is 0. The lowest BCUT2D eigenvalue weighted by Crippen LogP contribution is -2.39. The number of hydrogen-bond acceptors (Lipinski definition) is 3. The van der Waals surface area contributed by atoms with Gasteiger partial charge in [-0.2, -0.15) is 11.8 Å². The average Bonchev–Trinajstić information content (AvgIpc) is 2.75. The smallest absolute Gasteiger partial charge is 0.0107 e. The molecule has 2 unspecified atom stereocenters. The van der Waals surface area contributed by atoms with Crippen LogP contribution in [0.5, 0.6) is 0 Å². The second kappa shape index (κ2) is 6.12. The number of rotatable bonds is 4. The van der Waals surface area contributed by atoms with Crippen LogP contribution in [0.2, 0.25) is 0 Å². The summed E-state index contributed by atoms with van der Waals surface area (Å²) in [6, 6.07) is 0.726. The maximum absolute atomic E-state index is 5.79. The summed E-state index contributed by atoms with van der Waals surface area (Å²) in [6.45, 7) is 2.11. The molecule has 88 valence electrons. The normalized spacial score (nSPS) is 33.4. The Balaban J connectivity index is 1.67. The lowest BCUT2D eigenvalue weighted by Gasteiger charge is -2.26. The van der Waals surface area contributed by atoms with Crippen molar-refractivity contribution in [3.8, 4) is 0 Å². The second-order valence-electron chi connectivity index (χ2n) is 5.00. The van der Waals surface area contributed by atoms with Crippen LogP contribution in [0.1, 0.15) is 32.1 Å². The van der Waals surface area contributed by atoms with Crippen molar-refractivity contribution in [2.75, 3.05) is 24.6 Å². The second-order valence-corrected chi connectivity index (χ2v) is 6.22. The van der Waals surface area contributed by atoms with Crippen molar-refractivity contribution >= 4 is 11.8 Å². The minimum Gasteiger partial charge on any atom is -0.330 e. The van der Waals surface area contributed by atoms with E-state index in [2.05, 4.69) is 17.1 Å². The standard InChI is InChI=1S/C12H24N2S/c13-8-11-2-1-3-12(11)14-9-10-4-6-15-7-5-10/h10-12,14H,1-9,13H2. The molecule has 1 saturated carbocycles. The maximum atomic E-state index is 5.79. The minimum atomic E-state index is 0.726. The van der Waals surface area contributed by atoms with E-state index in [0.717, 1.165) is 24.4 Å². The highest BCUT2D eigenvalue weighted by atomic mass is 32.2. The van der Waals surface area contributed by atoms with E-state index >= 15 is 0 Å². The summed E-state index contributed by atoms with van der Waals surface area (Å²) >= 11 is 2.11. The fourth-order valence-electron chi connectivity index (χ4n) is 2.86. The van der Waals surface area contributed by atoms with Gasteiger partial charge in [0.1, 0.15) is 0 Å². The molecule has 2 fully saturated rings. The monoisotopic (exact) mass is 228 g/mol. The average molecular weight is 228 g/mol. The van der Waals surface area contributed by atoms with E-state index in [1.165, 1.54) is 50.2 Å². The first kappa shape index (κ1) is 11.7. The molecule has 15 heavy (non-hydrogen) atoms. The highest BCUT2D eigenvalue weighted by Crippen LogP contribution is 2.26. The first-order chi connectivity index (χ1) is 7.40. The van der Waals surface area contributed by atoms with Crippen LogP contribution in [0.15, 0.2) is 0 Å². The fourth-order valence-corrected chi connectivity index (χ4v) is 4.06. The topological polar surface area (TPSA) is 38.0 Å². The molecule has 1 saturated heterocycles. The Kier molecular flexibility index (Phi) is 4.79. The van der Waals surface area contributed by atoms with E-state index in [4.69, 9.17) is 5.73 Å². The summed E-state index contributed by atoms with van der Waals surface area (Å²) in [4.78, 5) is 0. The molecule has 0 aromatic heterocycles. The molecule has 2 atom stereocenters. The molecule has 0 amide bonds. The molecule has 1 aliphatic heterocycles. The maximum Gasteiger partial charge on any atom is 0.0107 e. The molecule has 3 N–H and O–H groups in total. The minimum absolute atomic E-state index is 0.726. The van der Waals surface area contributed by atoms with E-state index < -0.39 is 0 Å². The van der Waals surface area contributed by atoms with Crippen molar-refractivity contribution in [2.45, 2.75) is 38.1 Å². The summed E-state index contributed by atoms with van der Waals surface area (Å²) < 4.78 is 0. The summed E-state index contributed by atoms with van der Waals surface area (Å²) in [5, 5.41) is 3.76. The van der Waals surface area contributed by atoms with Gasteiger partial charge >= 0.3 is 0 Å². The third-order valence-corrected chi connectivity index (χ3v) is 5.02. The van der Waals surface area contributed by atoms with E-state index in [1.54, 1.807) is 0 Å². The SMILES string of the molecule is NCC1CCCC1NCC1CCSCC1. The molecule has 2 rings (SSSR count). The molecule has 0 bridgehead atoms. The van der Waals surface area contributed by atoms with Gasteiger partial charge in [-0.05, 0) is 62.1 Å². The summed E-state index contributed by atoms with van der Waals surface area (Å²) in [5.74, 6) is 4.43. The zero-order valence-corrected chi connectivity index (χ0v) is 10.4. The Morgan fingerprint density at radius 3 is 2.67 bits per heavy atom. The molecule has 1 heterocycles. The van der Waals surface area contributed by atoms with Crippen LogP contribution < -0.4 is 11.1 Å². The summed E-state index contributed by atoms with van der Waals surface area (Å²) in [6.07, 6.45) is 6.90. The Hall–Kier alpha value is 0.270. The van der Waals surface area contributed by atoms with Crippen molar-refractivity contribution in [1.29, 1.82) is 0 Å².